The van der Waals surface area contributed by atoms with Crippen LogP contribution < -0.4 is 9.47 Å². The second kappa shape index (κ2) is 9.24. The molecule has 0 bridgehead atoms. The molecule has 3 aromatic rings. The van der Waals surface area contributed by atoms with Gasteiger partial charge in [-0.3, -0.25) is 9.78 Å². The minimum Gasteiger partial charge on any atom is -0.484 e. The number of benzene rings is 1. The molecule has 0 radical (unpaired) electrons. The second-order valence-corrected chi connectivity index (χ2v) is 9.43. The number of methoxy groups -OCH3 is 1. The summed E-state index contributed by atoms with van der Waals surface area (Å²) in [5.74, 6) is -0.253. The standard InChI is InChI=1S/C27H28FN3O4/c1-14(27(32)33)25(17-5-6-17)18-7-4-16-8-9-22(35-23(16)10-18)26-15(2)31-21(13-30-26)19-11-24(34-3)29-12-20(19)28/h4,7,10-14,17,22,25H,5-6,8-9H2,1-3H3,(H,32,33)/t14-,22?,25?/m0/s1. The Bertz CT molecular complexity index is 1280. The van der Waals surface area contributed by atoms with Crippen molar-refractivity contribution >= 4 is 5.97 Å². The molecule has 3 heterocycles. The molecule has 1 fully saturated rings. The number of aliphatic carboxylic acids is 1. The largest absolute Gasteiger partial charge is 0.484 e. The Morgan fingerprint density at radius 1 is 1.20 bits per heavy atom. The number of rotatable bonds is 7. The second-order valence-electron chi connectivity index (χ2n) is 9.43. The molecule has 1 aromatic carbocycles. The first-order valence-electron chi connectivity index (χ1n) is 11.9. The van der Waals surface area contributed by atoms with Crippen molar-refractivity contribution in [2.45, 2.75) is 51.6 Å². The van der Waals surface area contributed by atoms with E-state index in [0.29, 0.717) is 28.9 Å². The van der Waals surface area contributed by atoms with Gasteiger partial charge in [-0.15, -0.1) is 0 Å². The third kappa shape index (κ3) is 4.57. The molecule has 1 saturated carbocycles. The summed E-state index contributed by atoms with van der Waals surface area (Å²) in [6.45, 7) is 3.63. The van der Waals surface area contributed by atoms with Gasteiger partial charge >= 0.3 is 5.97 Å². The van der Waals surface area contributed by atoms with E-state index in [1.54, 1.807) is 13.1 Å². The molecule has 2 unspecified atom stereocenters. The zero-order valence-electron chi connectivity index (χ0n) is 20.0. The first-order chi connectivity index (χ1) is 16.9. The lowest BCUT2D eigenvalue weighted by atomic mass is 9.82. The molecule has 3 atom stereocenters. The molecule has 0 spiro atoms. The van der Waals surface area contributed by atoms with Gasteiger partial charge < -0.3 is 14.6 Å². The van der Waals surface area contributed by atoms with Gasteiger partial charge in [0.05, 0.1) is 36.8 Å². The maximum absolute atomic E-state index is 14.4. The highest BCUT2D eigenvalue weighted by atomic mass is 19.1. The monoisotopic (exact) mass is 477 g/mol. The van der Waals surface area contributed by atoms with Crippen molar-refractivity contribution in [3.8, 4) is 22.9 Å². The van der Waals surface area contributed by atoms with E-state index < -0.39 is 17.7 Å². The first-order valence-corrected chi connectivity index (χ1v) is 11.9. The van der Waals surface area contributed by atoms with E-state index in [2.05, 4.69) is 27.1 Å². The van der Waals surface area contributed by atoms with Gasteiger partial charge in [0.15, 0.2) is 5.82 Å². The number of aromatic nitrogens is 3. The number of nitrogens with zero attached hydrogens (tertiary/aromatic N) is 3. The van der Waals surface area contributed by atoms with Crippen LogP contribution in [-0.4, -0.2) is 33.1 Å². The fourth-order valence-electron chi connectivity index (χ4n) is 5.03. The van der Waals surface area contributed by atoms with E-state index in [0.717, 1.165) is 48.8 Å². The highest BCUT2D eigenvalue weighted by Crippen LogP contribution is 2.48. The number of ether oxygens (including phenoxy) is 2. The van der Waals surface area contributed by atoms with Crippen molar-refractivity contribution in [2.24, 2.45) is 11.8 Å². The number of carboxylic acids is 1. The predicted octanol–water partition coefficient (Wildman–Crippen LogP) is 5.28. The quantitative estimate of drug-likeness (QED) is 0.495. The number of fused-ring (bicyclic) bond motifs is 1. The summed E-state index contributed by atoms with van der Waals surface area (Å²) in [5.41, 5.74) is 4.18. The molecule has 1 aliphatic heterocycles. The van der Waals surface area contributed by atoms with E-state index in [9.17, 15) is 14.3 Å². The van der Waals surface area contributed by atoms with Crippen molar-refractivity contribution in [1.82, 2.24) is 15.0 Å². The number of carboxylic acid groups (broad SMARTS) is 1. The summed E-state index contributed by atoms with van der Waals surface area (Å²) < 4.78 is 25.9. The fourth-order valence-corrected chi connectivity index (χ4v) is 5.03. The lowest BCUT2D eigenvalue weighted by Crippen LogP contribution is -2.22. The highest BCUT2D eigenvalue weighted by molar-refractivity contribution is 5.71. The van der Waals surface area contributed by atoms with Crippen molar-refractivity contribution < 1.29 is 23.8 Å². The smallest absolute Gasteiger partial charge is 0.306 e. The minimum absolute atomic E-state index is 0.0187. The maximum atomic E-state index is 14.4. The van der Waals surface area contributed by atoms with Crippen LogP contribution in [0.5, 0.6) is 11.6 Å². The van der Waals surface area contributed by atoms with Gasteiger partial charge in [-0.1, -0.05) is 19.1 Å². The Kier molecular flexibility index (Phi) is 6.13. The Hall–Kier alpha value is -3.55. The summed E-state index contributed by atoms with van der Waals surface area (Å²) in [6.07, 6.45) is 6.07. The van der Waals surface area contributed by atoms with Gasteiger partial charge in [0, 0.05) is 11.6 Å². The van der Waals surface area contributed by atoms with Crippen LogP contribution >= 0.6 is 0 Å². The number of hydrogen-bond donors (Lipinski definition) is 1. The van der Waals surface area contributed by atoms with Crippen molar-refractivity contribution in [3.63, 3.8) is 0 Å². The molecule has 1 aliphatic carbocycles. The van der Waals surface area contributed by atoms with E-state index in [4.69, 9.17) is 9.47 Å². The number of carbonyl (C=O) groups is 1. The van der Waals surface area contributed by atoms with Crippen molar-refractivity contribution in [3.05, 3.63) is 65.0 Å². The van der Waals surface area contributed by atoms with Gasteiger partial charge in [-0.25, -0.2) is 14.4 Å². The third-order valence-electron chi connectivity index (χ3n) is 7.08. The molecule has 1 N–H and O–H groups in total. The topological polar surface area (TPSA) is 94.4 Å². The zero-order valence-corrected chi connectivity index (χ0v) is 20.0. The molecule has 2 aromatic heterocycles. The molecule has 0 saturated heterocycles. The van der Waals surface area contributed by atoms with Crippen LogP contribution in [0, 0.1) is 24.6 Å². The summed E-state index contributed by atoms with van der Waals surface area (Å²) in [5, 5.41) is 9.62. The molecule has 0 amide bonds. The van der Waals surface area contributed by atoms with Crippen molar-refractivity contribution in [1.29, 1.82) is 0 Å². The van der Waals surface area contributed by atoms with Crippen LogP contribution in [0.3, 0.4) is 0 Å². The third-order valence-corrected chi connectivity index (χ3v) is 7.08. The molecular formula is C27H28FN3O4. The molecule has 8 heteroatoms. The van der Waals surface area contributed by atoms with Crippen LogP contribution in [-0.2, 0) is 11.2 Å². The Morgan fingerprint density at radius 2 is 2.00 bits per heavy atom. The molecule has 7 nitrogen and oxygen atoms in total. The normalized spacial score (nSPS) is 18.8. The summed E-state index contributed by atoms with van der Waals surface area (Å²) in [6, 6.07) is 7.63. The zero-order chi connectivity index (χ0) is 24.7. The predicted molar refractivity (Wildman–Crippen MR) is 127 cm³/mol. The van der Waals surface area contributed by atoms with Crippen LogP contribution in [0.4, 0.5) is 4.39 Å². The van der Waals surface area contributed by atoms with E-state index >= 15 is 0 Å². The van der Waals surface area contributed by atoms with E-state index in [-0.39, 0.29) is 17.6 Å². The lowest BCUT2D eigenvalue weighted by molar-refractivity contribution is -0.142. The summed E-state index contributed by atoms with van der Waals surface area (Å²) in [4.78, 5) is 24.8. The maximum Gasteiger partial charge on any atom is 0.306 e. The Balaban J connectivity index is 1.41. The van der Waals surface area contributed by atoms with Crippen LogP contribution in [0.2, 0.25) is 0 Å². The Labute approximate surface area is 203 Å². The van der Waals surface area contributed by atoms with Gasteiger partial charge in [0.25, 0.3) is 0 Å². The highest BCUT2D eigenvalue weighted by Gasteiger charge is 2.39. The molecule has 182 valence electrons. The van der Waals surface area contributed by atoms with E-state index in [1.165, 1.54) is 13.2 Å². The van der Waals surface area contributed by atoms with Crippen LogP contribution in [0.25, 0.3) is 11.3 Å². The number of aryl methyl sites for hydroxylation is 2. The Morgan fingerprint density at radius 3 is 2.69 bits per heavy atom. The average molecular weight is 478 g/mol. The van der Waals surface area contributed by atoms with Gasteiger partial charge in [-0.05, 0) is 61.6 Å². The fraction of sp³-hybridized carbons (Fsp3) is 0.407. The molecule has 5 rings (SSSR count). The summed E-state index contributed by atoms with van der Waals surface area (Å²) >= 11 is 0. The van der Waals surface area contributed by atoms with Gasteiger partial charge in [0.2, 0.25) is 5.88 Å². The number of pyridine rings is 1. The molecule has 2 aliphatic rings. The lowest BCUT2D eigenvalue weighted by Gasteiger charge is -2.28. The van der Waals surface area contributed by atoms with E-state index in [1.807, 2.05) is 13.0 Å². The summed E-state index contributed by atoms with van der Waals surface area (Å²) in [7, 11) is 1.48. The minimum atomic E-state index is -0.771. The average Bonchev–Trinajstić information content (AvgIpc) is 3.69. The number of hydrogen-bond acceptors (Lipinski definition) is 6. The van der Waals surface area contributed by atoms with Crippen molar-refractivity contribution in [2.75, 3.05) is 7.11 Å². The molecular weight excluding hydrogens is 449 g/mol. The van der Waals surface area contributed by atoms with Crippen LogP contribution in [0.15, 0.2) is 36.7 Å². The first kappa shape index (κ1) is 23.2. The van der Waals surface area contributed by atoms with Gasteiger partial charge in [-0.2, -0.15) is 0 Å². The molecule has 35 heavy (non-hydrogen) atoms. The number of halogens is 1. The van der Waals surface area contributed by atoms with Crippen LogP contribution in [0.1, 0.15) is 60.7 Å². The SMILES string of the molecule is COc1cc(-c2cnc(C3CCc4ccc(C(C5CC5)[C@H](C)C(=O)O)cc4O3)c(C)n2)c(F)cn1. The van der Waals surface area contributed by atoms with Gasteiger partial charge in [0.1, 0.15) is 17.5 Å².